The molecule has 1 aromatic heterocycles. The van der Waals surface area contributed by atoms with Crippen molar-refractivity contribution in [3.63, 3.8) is 0 Å². The smallest absolute Gasteiger partial charge is 0.112 e. The number of hydrogen-bond donors (Lipinski definition) is 1. The molecule has 2 atom stereocenters. The van der Waals surface area contributed by atoms with E-state index in [9.17, 15) is 0 Å². The highest BCUT2D eigenvalue weighted by molar-refractivity contribution is 7.09. The van der Waals surface area contributed by atoms with Crippen molar-refractivity contribution in [1.29, 1.82) is 0 Å². The van der Waals surface area contributed by atoms with Crippen LogP contribution in [0.4, 0.5) is 0 Å². The molecule has 1 N–H and O–H groups in total. The molecule has 0 aliphatic carbocycles. The first-order valence-corrected chi connectivity index (χ1v) is 6.53. The lowest BCUT2D eigenvalue weighted by Crippen LogP contribution is -2.33. The third-order valence-electron chi connectivity index (χ3n) is 2.72. The maximum atomic E-state index is 5.73. The molecule has 0 saturated carbocycles. The second-order valence-electron chi connectivity index (χ2n) is 3.85. The zero-order chi connectivity index (χ0) is 11.2. The lowest BCUT2D eigenvalue weighted by molar-refractivity contribution is 0.0747. The Bertz CT molecular complexity index is 286. The van der Waals surface area contributed by atoms with Gasteiger partial charge in [-0.25, -0.2) is 4.98 Å². The minimum absolute atomic E-state index is 0.220. The van der Waals surface area contributed by atoms with Crippen molar-refractivity contribution in [2.75, 3.05) is 26.9 Å². The van der Waals surface area contributed by atoms with Gasteiger partial charge < -0.3 is 14.8 Å². The SMILES string of the molecule is COCCNC(c1nccs1)C1CCCO1. The van der Waals surface area contributed by atoms with Gasteiger partial charge in [-0.3, -0.25) is 0 Å². The van der Waals surface area contributed by atoms with Crippen molar-refractivity contribution >= 4 is 11.3 Å². The molecule has 1 saturated heterocycles. The van der Waals surface area contributed by atoms with Gasteiger partial charge in [0.05, 0.1) is 18.8 Å². The lowest BCUT2D eigenvalue weighted by Gasteiger charge is -2.22. The van der Waals surface area contributed by atoms with Crippen molar-refractivity contribution in [3.05, 3.63) is 16.6 Å². The molecule has 1 aromatic rings. The van der Waals surface area contributed by atoms with Crippen molar-refractivity contribution < 1.29 is 9.47 Å². The molecule has 90 valence electrons. The number of methoxy groups -OCH3 is 1. The second kappa shape index (κ2) is 6.30. The highest BCUT2D eigenvalue weighted by atomic mass is 32.1. The molecule has 2 heterocycles. The molecule has 16 heavy (non-hydrogen) atoms. The van der Waals surface area contributed by atoms with Gasteiger partial charge in [0, 0.05) is 31.8 Å². The lowest BCUT2D eigenvalue weighted by atomic mass is 10.1. The number of hydrogen-bond acceptors (Lipinski definition) is 5. The Labute approximate surface area is 100.0 Å². The Balaban J connectivity index is 1.95. The van der Waals surface area contributed by atoms with Gasteiger partial charge in [-0.2, -0.15) is 0 Å². The topological polar surface area (TPSA) is 43.4 Å². The van der Waals surface area contributed by atoms with E-state index in [0.717, 1.165) is 31.0 Å². The Morgan fingerprint density at radius 2 is 2.69 bits per heavy atom. The summed E-state index contributed by atoms with van der Waals surface area (Å²) in [5.41, 5.74) is 0. The molecule has 1 aliphatic rings. The van der Waals surface area contributed by atoms with Crippen molar-refractivity contribution in [1.82, 2.24) is 10.3 Å². The number of ether oxygens (including phenoxy) is 2. The van der Waals surface area contributed by atoms with Crippen LogP contribution in [0, 0.1) is 0 Å². The predicted octanol–water partition coefficient (Wildman–Crippen LogP) is 1.60. The van der Waals surface area contributed by atoms with Crippen LogP contribution in [0.2, 0.25) is 0 Å². The predicted molar refractivity (Wildman–Crippen MR) is 63.7 cm³/mol. The Morgan fingerprint density at radius 1 is 1.75 bits per heavy atom. The second-order valence-corrected chi connectivity index (χ2v) is 4.77. The van der Waals surface area contributed by atoms with Crippen LogP contribution >= 0.6 is 11.3 Å². The quantitative estimate of drug-likeness (QED) is 0.770. The van der Waals surface area contributed by atoms with Crippen LogP contribution in [0.1, 0.15) is 23.9 Å². The van der Waals surface area contributed by atoms with Crippen LogP contribution in [0.15, 0.2) is 11.6 Å². The number of aromatic nitrogens is 1. The number of nitrogens with one attached hydrogen (secondary N) is 1. The summed E-state index contributed by atoms with van der Waals surface area (Å²) in [7, 11) is 1.71. The molecule has 2 unspecified atom stereocenters. The van der Waals surface area contributed by atoms with Crippen LogP contribution < -0.4 is 5.32 Å². The summed E-state index contributed by atoms with van der Waals surface area (Å²) in [6.45, 7) is 2.42. The van der Waals surface area contributed by atoms with Gasteiger partial charge in [0.2, 0.25) is 0 Å². The molecular weight excluding hydrogens is 224 g/mol. The third kappa shape index (κ3) is 3.01. The van der Waals surface area contributed by atoms with E-state index in [1.165, 1.54) is 0 Å². The minimum atomic E-state index is 0.220. The van der Waals surface area contributed by atoms with E-state index in [4.69, 9.17) is 9.47 Å². The fourth-order valence-corrected chi connectivity index (χ4v) is 2.71. The largest absolute Gasteiger partial charge is 0.383 e. The van der Waals surface area contributed by atoms with E-state index < -0.39 is 0 Å². The summed E-state index contributed by atoms with van der Waals surface area (Å²) in [5.74, 6) is 0. The summed E-state index contributed by atoms with van der Waals surface area (Å²) in [6.07, 6.45) is 4.38. The van der Waals surface area contributed by atoms with Crippen molar-refractivity contribution in [2.45, 2.75) is 25.0 Å². The van der Waals surface area contributed by atoms with Gasteiger partial charge in [0.15, 0.2) is 0 Å². The van der Waals surface area contributed by atoms with Gasteiger partial charge >= 0.3 is 0 Å². The average molecular weight is 242 g/mol. The monoisotopic (exact) mass is 242 g/mol. The van der Waals surface area contributed by atoms with Gasteiger partial charge in [-0.15, -0.1) is 11.3 Å². The molecular formula is C11H18N2O2S. The molecule has 0 aromatic carbocycles. The Morgan fingerprint density at radius 3 is 3.31 bits per heavy atom. The Kier molecular flexibility index (Phi) is 4.71. The van der Waals surface area contributed by atoms with Gasteiger partial charge in [-0.05, 0) is 12.8 Å². The van der Waals surface area contributed by atoms with Gasteiger partial charge in [0.25, 0.3) is 0 Å². The molecule has 0 amide bonds. The zero-order valence-corrected chi connectivity index (χ0v) is 10.3. The normalized spacial score (nSPS) is 22.4. The van der Waals surface area contributed by atoms with Gasteiger partial charge in [-0.1, -0.05) is 0 Å². The van der Waals surface area contributed by atoms with E-state index >= 15 is 0 Å². The fraction of sp³-hybridized carbons (Fsp3) is 0.727. The first-order chi connectivity index (χ1) is 7.92. The number of rotatable bonds is 6. The maximum Gasteiger partial charge on any atom is 0.112 e. The summed E-state index contributed by atoms with van der Waals surface area (Å²) in [4.78, 5) is 4.38. The minimum Gasteiger partial charge on any atom is -0.383 e. The van der Waals surface area contributed by atoms with E-state index in [1.54, 1.807) is 18.4 Å². The van der Waals surface area contributed by atoms with Crippen molar-refractivity contribution in [2.24, 2.45) is 0 Å². The molecule has 5 heteroatoms. The molecule has 0 radical (unpaired) electrons. The maximum absolute atomic E-state index is 5.73. The summed E-state index contributed by atoms with van der Waals surface area (Å²) >= 11 is 1.68. The van der Waals surface area contributed by atoms with E-state index in [0.29, 0.717) is 6.61 Å². The Hall–Kier alpha value is -0.490. The van der Waals surface area contributed by atoms with Crippen LogP contribution in [-0.2, 0) is 9.47 Å². The van der Waals surface area contributed by atoms with Crippen molar-refractivity contribution in [3.8, 4) is 0 Å². The highest BCUT2D eigenvalue weighted by Crippen LogP contribution is 2.27. The molecule has 0 bridgehead atoms. The van der Waals surface area contributed by atoms with E-state index in [2.05, 4.69) is 10.3 Å². The molecule has 1 aliphatic heterocycles. The molecule has 4 nitrogen and oxygen atoms in total. The molecule has 2 rings (SSSR count). The third-order valence-corrected chi connectivity index (χ3v) is 3.58. The summed E-state index contributed by atoms with van der Waals surface area (Å²) < 4.78 is 10.8. The van der Waals surface area contributed by atoms with Gasteiger partial charge in [0.1, 0.15) is 5.01 Å². The first kappa shape index (κ1) is 12.0. The summed E-state index contributed by atoms with van der Waals surface area (Å²) in [5, 5.41) is 6.59. The number of nitrogens with zero attached hydrogens (tertiary/aromatic N) is 1. The van der Waals surface area contributed by atoms with E-state index in [1.807, 2.05) is 11.6 Å². The average Bonchev–Trinajstić information content (AvgIpc) is 2.97. The highest BCUT2D eigenvalue weighted by Gasteiger charge is 2.28. The molecule has 1 fully saturated rings. The fourth-order valence-electron chi connectivity index (χ4n) is 1.95. The van der Waals surface area contributed by atoms with Crippen LogP contribution in [0.5, 0.6) is 0 Å². The van der Waals surface area contributed by atoms with Crippen LogP contribution in [0.3, 0.4) is 0 Å². The van der Waals surface area contributed by atoms with Crippen LogP contribution in [0.25, 0.3) is 0 Å². The number of thiazole rings is 1. The van der Waals surface area contributed by atoms with E-state index in [-0.39, 0.29) is 12.1 Å². The first-order valence-electron chi connectivity index (χ1n) is 5.65. The summed E-state index contributed by atoms with van der Waals surface area (Å²) in [6, 6.07) is 0.220. The molecule has 0 spiro atoms. The zero-order valence-electron chi connectivity index (χ0n) is 9.52. The standard InChI is InChI=1S/C11H18N2O2S/c1-14-7-4-12-10(9-3-2-6-15-9)11-13-5-8-16-11/h5,8-10,12H,2-4,6-7H2,1H3. The van der Waals surface area contributed by atoms with Crippen LogP contribution in [-0.4, -0.2) is 38.0 Å².